The lowest BCUT2D eigenvalue weighted by molar-refractivity contribution is -0.384. The first-order valence-corrected chi connectivity index (χ1v) is 12.7. The van der Waals surface area contributed by atoms with Crippen molar-refractivity contribution < 1.29 is 29.2 Å². The van der Waals surface area contributed by atoms with Crippen LogP contribution < -0.4 is 14.7 Å². The zero-order chi connectivity index (χ0) is 27.4. The van der Waals surface area contributed by atoms with Crippen LogP contribution in [0.4, 0.5) is 17.1 Å². The van der Waals surface area contributed by atoms with Crippen molar-refractivity contribution in [3.8, 4) is 11.5 Å². The zero-order valence-corrected chi connectivity index (χ0v) is 21.9. The predicted octanol–water partition coefficient (Wildman–Crippen LogP) is 5.28. The van der Waals surface area contributed by atoms with Crippen molar-refractivity contribution in [2.45, 2.75) is 12.1 Å². The summed E-state index contributed by atoms with van der Waals surface area (Å²) in [5.41, 5.74) is 1.07. The number of nitro groups is 1. The number of rotatable bonds is 5. The molecular weight excluding hydrogens is 570 g/mol. The van der Waals surface area contributed by atoms with Gasteiger partial charge in [-0.3, -0.25) is 24.5 Å². The number of fused-ring (bicyclic) bond motifs is 2. The van der Waals surface area contributed by atoms with Crippen molar-refractivity contribution in [1.82, 2.24) is 0 Å². The minimum Gasteiger partial charge on any atom is -0.503 e. The van der Waals surface area contributed by atoms with Gasteiger partial charge in [0.1, 0.15) is 5.92 Å². The minimum absolute atomic E-state index is 0.134. The summed E-state index contributed by atoms with van der Waals surface area (Å²) in [5.74, 6) is -1.99. The Morgan fingerprint density at radius 1 is 1.00 bits per heavy atom. The van der Waals surface area contributed by atoms with Gasteiger partial charge in [0, 0.05) is 17.5 Å². The molecule has 196 valence electrons. The summed E-state index contributed by atoms with van der Waals surface area (Å²) in [5, 5.41) is 24.8. The standard InChI is InChI=1S/C28H20BrN3O7/c1-38-22-13-16(12-20(29)25(22)33)24-23-26(39-31(24)17-8-5-9-18(14-17)32(36)37)28(35)30(27(23)34)21-11-4-7-15-6-2-3-10-19(15)21/h2-14,23-24,26,33H,1H3/t23-,24-,26-/m0/s1. The van der Waals surface area contributed by atoms with E-state index in [-0.39, 0.29) is 17.2 Å². The molecule has 4 aromatic carbocycles. The Labute approximate surface area is 230 Å². The van der Waals surface area contributed by atoms with E-state index >= 15 is 0 Å². The number of carbonyl (C=O) groups excluding carboxylic acids is 2. The average Bonchev–Trinajstić information content (AvgIpc) is 3.45. The lowest BCUT2D eigenvalue weighted by Gasteiger charge is -2.29. The van der Waals surface area contributed by atoms with Gasteiger partial charge in [0.2, 0.25) is 5.91 Å². The number of halogens is 1. The molecule has 1 N–H and O–H groups in total. The van der Waals surface area contributed by atoms with Crippen molar-refractivity contribution in [3.05, 3.63) is 99.0 Å². The number of nitro benzene ring substituents is 1. The highest BCUT2D eigenvalue weighted by molar-refractivity contribution is 9.10. The van der Waals surface area contributed by atoms with Gasteiger partial charge in [-0.1, -0.05) is 42.5 Å². The fourth-order valence-corrected chi connectivity index (χ4v) is 5.74. The van der Waals surface area contributed by atoms with E-state index in [2.05, 4.69) is 15.9 Å². The van der Waals surface area contributed by atoms with Crippen LogP contribution in [0.15, 0.2) is 83.3 Å². The Balaban J connectivity index is 1.50. The van der Waals surface area contributed by atoms with Gasteiger partial charge in [-0.05, 0) is 51.1 Å². The van der Waals surface area contributed by atoms with Crippen LogP contribution in [-0.4, -0.2) is 35.1 Å². The molecule has 0 unspecified atom stereocenters. The molecule has 0 radical (unpaired) electrons. The molecule has 11 heteroatoms. The lowest BCUT2D eigenvalue weighted by Crippen LogP contribution is -2.37. The average molecular weight is 590 g/mol. The number of phenols is 1. The molecule has 2 aliphatic rings. The molecule has 2 aliphatic heterocycles. The molecule has 2 heterocycles. The third-order valence-electron chi connectivity index (χ3n) is 7.03. The van der Waals surface area contributed by atoms with Crippen LogP contribution in [0.25, 0.3) is 10.8 Å². The molecule has 0 bridgehead atoms. The van der Waals surface area contributed by atoms with E-state index in [1.807, 2.05) is 30.3 Å². The second-order valence-electron chi connectivity index (χ2n) is 9.16. The molecule has 39 heavy (non-hydrogen) atoms. The number of nitrogens with zero attached hydrogens (tertiary/aromatic N) is 3. The predicted molar refractivity (Wildman–Crippen MR) is 145 cm³/mol. The number of hydrogen-bond acceptors (Lipinski definition) is 8. The molecular formula is C28H20BrN3O7. The van der Waals surface area contributed by atoms with Gasteiger partial charge in [-0.25, -0.2) is 9.96 Å². The third kappa shape index (κ3) is 3.89. The van der Waals surface area contributed by atoms with Gasteiger partial charge < -0.3 is 9.84 Å². The van der Waals surface area contributed by atoms with Crippen LogP contribution in [0.3, 0.4) is 0 Å². The van der Waals surface area contributed by atoms with Crippen molar-refractivity contribution in [3.63, 3.8) is 0 Å². The Kier molecular flexibility index (Phi) is 5.96. The van der Waals surface area contributed by atoms with Crippen LogP contribution in [0.5, 0.6) is 11.5 Å². The summed E-state index contributed by atoms with van der Waals surface area (Å²) >= 11 is 3.33. The number of imide groups is 1. The number of methoxy groups -OCH3 is 1. The van der Waals surface area contributed by atoms with Crippen LogP contribution in [0.2, 0.25) is 0 Å². The molecule has 0 aliphatic carbocycles. The maximum absolute atomic E-state index is 14.1. The monoisotopic (exact) mass is 589 g/mol. The molecule has 6 rings (SSSR count). The summed E-state index contributed by atoms with van der Waals surface area (Å²) in [6.07, 6.45) is -1.18. The maximum atomic E-state index is 14.1. The number of non-ortho nitro benzene ring substituents is 1. The van der Waals surface area contributed by atoms with Gasteiger partial charge in [-0.2, -0.15) is 0 Å². The molecule has 0 spiro atoms. The highest BCUT2D eigenvalue weighted by atomic mass is 79.9. The van der Waals surface area contributed by atoms with Gasteiger partial charge >= 0.3 is 0 Å². The van der Waals surface area contributed by atoms with E-state index in [0.717, 1.165) is 15.7 Å². The quantitative estimate of drug-likeness (QED) is 0.189. The molecule has 2 amide bonds. The largest absolute Gasteiger partial charge is 0.503 e. The van der Waals surface area contributed by atoms with Crippen LogP contribution in [0, 0.1) is 16.0 Å². The molecule has 2 fully saturated rings. The zero-order valence-electron chi connectivity index (χ0n) is 20.4. The maximum Gasteiger partial charge on any atom is 0.271 e. The van der Waals surface area contributed by atoms with E-state index in [1.165, 1.54) is 30.4 Å². The van der Waals surface area contributed by atoms with E-state index in [0.29, 0.717) is 21.4 Å². The van der Waals surface area contributed by atoms with Crippen molar-refractivity contribution in [2.75, 3.05) is 17.1 Å². The van der Waals surface area contributed by atoms with Crippen LogP contribution >= 0.6 is 15.9 Å². The summed E-state index contributed by atoms with van der Waals surface area (Å²) in [4.78, 5) is 46.1. The number of phenolic OH excluding ortho intramolecular Hbond substituents is 1. The number of carbonyl (C=O) groups is 2. The highest BCUT2D eigenvalue weighted by Gasteiger charge is 2.60. The Morgan fingerprint density at radius 2 is 1.74 bits per heavy atom. The van der Waals surface area contributed by atoms with Gasteiger partial charge in [0.15, 0.2) is 17.6 Å². The number of hydroxylamine groups is 1. The second kappa shape index (κ2) is 9.37. The normalized spacial score (nSPS) is 20.5. The van der Waals surface area contributed by atoms with Crippen molar-refractivity contribution >= 4 is 55.6 Å². The lowest BCUT2D eigenvalue weighted by atomic mass is 9.90. The smallest absolute Gasteiger partial charge is 0.271 e. The SMILES string of the molecule is COc1cc([C@H]2[C@@H]3C(=O)N(c4cccc5ccccc45)C(=O)[C@H]3ON2c2cccc([N+](=O)[O-])c2)cc(Br)c1O. The Hall–Kier alpha value is -4.48. The van der Waals surface area contributed by atoms with E-state index in [1.54, 1.807) is 30.3 Å². The molecule has 4 aromatic rings. The highest BCUT2D eigenvalue weighted by Crippen LogP contribution is 2.50. The number of aromatic hydroxyl groups is 1. The van der Waals surface area contributed by atoms with E-state index in [4.69, 9.17) is 9.57 Å². The molecule has 10 nitrogen and oxygen atoms in total. The Morgan fingerprint density at radius 3 is 2.51 bits per heavy atom. The van der Waals surface area contributed by atoms with Gasteiger partial charge in [0.25, 0.3) is 11.6 Å². The molecule has 2 saturated heterocycles. The summed E-state index contributed by atoms with van der Waals surface area (Å²) in [6.45, 7) is 0. The molecule has 0 saturated carbocycles. The van der Waals surface area contributed by atoms with E-state index < -0.39 is 34.8 Å². The van der Waals surface area contributed by atoms with Crippen molar-refractivity contribution in [2.24, 2.45) is 5.92 Å². The summed E-state index contributed by atoms with van der Waals surface area (Å²) in [6, 6.07) is 20.9. The first kappa shape index (κ1) is 24.8. The topological polar surface area (TPSA) is 122 Å². The number of ether oxygens (including phenoxy) is 1. The molecule has 3 atom stereocenters. The summed E-state index contributed by atoms with van der Waals surface area (Å²) in [7, 11) is 1.39. The van der Waals surface area contributed by atoms with Gasteiger partial charge in [-0.15, -0.1) is 0 Å². The number of amides is 2. The van der Waals surface area contributed by atoms with Crippen molar-refractivity contribution in [1.29, 1.82) is 0 Å². The Bertz CT molecular complexity index is 1670. The fraction of sp³-hybridized carbons (Fsp3) is 0.143. The van der Waals surface area contributed by atoms with E-state index in [9.17, 15) is 24.8 Å². The minimum atomic E-state index is -1.18. The van der Waals surface area contributed by atoms with Gasteiger partial charge in [0.05, 0.1) is 33.9 Å². The molecule has 0 aromatic heterocycles. The second-order valence-corrected chi connectivity index (χ2v) is 10.0. The third-order valence-corrected chi connectivity index (χ3v) is 7.63. The summed E-state index contributed by atoms with van der Waals surface area (Å²) < 4.78 is 5.63. The first-order chi connectivity index (χ1) is 18.8. The number of hydrogen-bond donors (Lipinski definition) is 1. The number of anilines is 2. The van der Waals surface area contributed by atoms with Crippen LogP contribution in [-0.2, 0) is 14.4 Å². The van der Waals surface area contributed by atoms with Crippen LogP contribution in [0.1, 0.15) is 11.6 Å². The number of benzene rings is 4. The fourth-order valence-electron chi connectivity index (χ4n) is 5.28. The first-order valence-electron chi connectivity index (χ1n) is 11.9.